The van der Waals surface area contributed by atoms with Gasteiger partial charge in [-0.15, -0.1) is 0 Å². The van der Waals surface area contributed by atoms with Crippen molar-refractivity contribution in [3.05, 3.63) is 35.6 Å². The van der Waals surface area contributed by atoms with Gasteiger partial charge in [-0.05, 0) is 61.1 Å². The molecule has 19 heavy (non-hydrogen) atoms. The molecule has 0 saturated heterocycles. The number of halogens is 1. The summed E-state index contributed by atoms with van der Waals surface area (Å²) in [6.45, 7) is 4.64. The van der Waals surface area contributed by atoms with E-state index in [0.29, 0.717) is 5.92 Å². The van der Waals surface area contributed by atoms with Crippen LogP contribution in [0.25, 0.3) is 0 Å². The number of hydrazine groups is 1. The van der Waals surface area contributed by atoms with Crippen molar-refractivity contribution in [2.75, 3.05) is 0 Å². The molecule has 1 aromatic carbocycles. The third-order valence-corrected chi connectivity index (χ3v) is 4.34. The Bertz CT molecular complexity index is 397. The van der Waals surface area contributed by atoms with Crippen LogP contribution in [0.15, 0.2) is 24.3 Å². The fourth-order valence-electron chi connectivity index (χ4n) is 3.62. The molecule has 1 fully saturated rings. The van der Waals surface area contributed by atoms with Crippen molar-refractivity contribution in [3.8, 4) is 0 Å². The molecule has 0 heterocycles. The first-order valence-electron chi connectivity index (χ1n) is 7.29. The first kappa shape index (κ1) is 14.5. The van der Waals surface area contributed by atoms with Crippen molar-refractivity contribution in [2.45, 2.75) is 45.6 Å². The minimum Gasteiger partial charge on any atom is -0.271 e. The normalized spacial score (nSPS) is 29.2. The number of benzene rings is 1. The Morgan fingerprint density at radius 1 is 1.26 bits per heavy atom. The van der Waals surface area contributed by atoms with Crippen molar-refractivity contribution in [1.29, 1.82) is 0 Å². The predicted molar refractivity (Wildman–Crippen MR) is 76.9 cm³/mol. The molecule has 0 spiro atoms. The number of hydrogen-bond acceptors (Lipinski definition) is 2. The zero-order valence-electron chi connectivity index (χ0n) is 11.9. The maximum atomic E-state index is 13.2. The summed E-state index contributed by atoms with van der Waals surface area (Å²) in [6, 6.07) is 7.08. The first-order valence-corrected chi connectivity index (χ1v) is 7.29. The topological polar surface area (TPSA) is 38.0 Å². The summed E-state index contributed by atoms with van der Waals surface area (Å²) in [7, 11) is 0. The largest absolute Gasteiger partial charge is 0.271 e. The molecular weight excluding hydrogens is 239 g/mol. The maximum absolute atomic E-state index is 13.2. The quantitative estimate of drug-likeness (QED) is 0.647. The van der Waals surface area contributed by atoms with E-state index in [1.165, 1.54) is 25.3 Å². The average Bonchev–Trinajstić information content (AvgIpc) is 2.34. The van der Waals surface area contributed by atoms with Crippen LogP contribution >= 0.6 is 0 Å². The van der Waals surface area contributed by atoms with Gasteiger partial charge < -0.3 is 0 Å². The van der Waals surface area contributed by atoms with Crippen LogP contribution in [0.3, 0.4) is 0 Å². The van der Waals surface area contributed by atoms with E-state index in [2.05, 4.69) is 19.3 Å². The summed E-state index contributed by atoms with van der Waals surface area (Å²) in [5.41, 5.74) is 3.98. The van der Waals surface area contributed by atoms with Crippen LogP contribution in [0.1, 0.15) is 38.7 Å². The highest BCUT2D eigenvalue weighted by atomic mass is 19.1. The Hall–Kier alpha value is -0.930. The average molecular weight is 264 g/mol. The van der Waals surface area contributed by atoms with Crippen molar-refractivity contribution in [1.82, 2.24) is 5.43 Å². The van der Waals surface area contributed by atoms with Crippen molar-refractivity contribution in [2.24, 2.45) is 23.6 Å². The van der Waals surface area contributed by atoms with E-state index in [4.69, 9.17) is 5.84 Å². The lowest BCUT2D eigenvalue weighted by Gasteiger charge is -2.36. The van der Waals surface area contributed by atoms with E-state index in [9.17, 15) is 4.39 Å². The minimum atomic E-state index is -0.168. The Balaban J connectivity index is 2.03. The highest BCUT2D eigenvalue weighted by molar-refractivity contribution is 5.17. The Kier molecular flexibility index (Phi) is 4.94. The van der Waals surface area contributed by atoms with Gasteiger partial charge >= 0.3 is 0 Å². The van der Waals surface area contributed by atoms with E-state index in [0.717, 1.165) is 23.8 Å². The van der Waals surface area contributed by atoms with E-state index < -0.39 is 0 Å². The van der Waals surface area contributed by atoms with Gasteiger partial charge in [0.05, 0.1) is 0 Å². The van der Waals surface area contributed by atoms with Gasteiger partial charge in [-0.3, -0.25) is 11.3 Å². The Morgan fingerprint density at radius 3 is 2.53 bits per heavy atom. The van der Waals surface area contributed by atoms with E-state index in [1.807, 2.05) is 6.07 Å². The molecule has 0 aromatic heterocycles. The van der Waals surface area contributed by atoms with Gasteiger partial charge in [0.15, 0.2) is 0 Å². The van der Waals surface area contributed by atoms with Gasteiger partial charge in [0.1, 0.15) is 5.82 Å². The van der Waals surface area contributed by atoms with Gasteiger partial charge in [0.25, 0.3) is 0 Å². The molecule has 1 aliphatic rings. The summed E-state index contributed by atoms with van der Waals surface area (Å²) >= 11 is 0. The Morgan fingerprint density at radius 2 is 1.95 bits per heavy atom. The summed E-state index contributed by atoms with van der Waals surface area (Å²) in [6.07, 6.45) is 4.55. The second kappa shape index (κ2) is 6.49. The molecule has 106 valence electrons. The van der Waals surface area contributed by atoms with Crippen LogP contribution in [-0.4, -0.2) is 6.04 Å². The highest BCUT2D eigenvalue weighted by Crippen LogP contribution is 2.35. The summed E-state index contributed by atoms with van der Waals surface area (Å²) in [5.74, 6) is 7.68. The molecule has 1 aromatic rings. The molecule has 0 radical (unpaired) electrons. The van der Waals surface area contributed by atoms with E-state index in [-0.39, 0.29) is 11.9 Å². The van der Waals surface area contributed by atoms with Crippen LogP contribution in [0, 0.1) is 23.6 Å². The van der Waals surface area contributed by atoms with Crippen LogP contribution in [0.4, 0.5) is 4.39 Å². The zero-order valence-corrected chi connectivity index (χ0v) is 11.9. The van der Waals surface area contributed by atoms with Crippen LogP contribution in [0.5, 0.6) is 0 Å². The minimum absolute atomic E-state index is 0.168. The number of hydrogen-bond donors (Lipinski definition) is 2. The molecule has 0 bridgehead atoms. The second-order valence-electron chi connectivity index (χ2n) is 6.28. The molecule has 1 saturated carbocycles. The fourth-order valence-corrected chi connectivity index (χ4v) is 3.62. The first-order chi connectivity index (χ1) is 9.08. The standard InChI is InChI=1S/C16H25FN2/c1-11-6-12(2)8-14(7-11)16(19-18)10-13-4-3-5-15(17)9-13/h3-5,9,11-12,14,16,19H,6-8,10,18H2,1-2H3. The van der Waals surface area contributed by atoms with Gasteiger partial charge in [-0.25, -0.2) is 4.39 Å². The molecule has 0 amide bonds. The predicted octanol–water partition coefficient (Wildman–Crippen LogP) is 3.27. The fraction of sp³-hybridized carbons (Fsp3) is 0.625. The smallest absolute Gasteiger partial charge is 0.123 e. The molecule has 2 rings (SSSR count). The summed E-state index contributed by atoms with van der Waals surface area (Å²) in [5, 5.41) is 0. The monoisotopic (exact) mass is 264 g/mol. The second-order valence-corrected chi connectivity index (χ2v) is 6.28. The molecule has 3 N–H and O–H groups in total. The van der Waals surface area contributed by atoms with Crippen LogP contribution in [-0.2, 0) is 6.42 Å². The summed E-state index contributed by atoms with van der Waals surface area (Å²) in [4.78, 5) is 0. The zero-order chi connectivity index (χ0) is 13.8. The third-order valence-electron chi connectivity index (χ3n) is 4.34. The van der Waals surface area contributed by atoms with Gasteiger partial charge in [0, 0.05) is 6.04 Å². The van der Waals surface area contributed by atoms with Gasteiger partial charge in [-0.2, -0.15) is 0 Å². The van der Waals surface area contributed by atoms with Crippen molar-refractivity contribution >= 4 is 0 Å². The highest BCUT2D eigenvalue weighted by Gasteiger charge is 2.29. The Labute approximate surface area is 115 Å². The summed E-state index contributed by atoms with van der Waals surface area (Å²) < 4.78 is 13.2. The molecule has 2 nitrogen and oxygen atoms in total. The molecular formula is C16H25FN2. The lowest BCUT2D eigenvalue weighted by atomic mass is 9.73. The van der Waals surface area contributed by atoms with E-state index in [1.54, 1.807) is 12.1 Å². The lowest BCUT2D eigenvalue weighted by Crippen LogP contribution is -2.44. The van der Waals surface area contributed by atoms with Crippen molar-refractivity contribution < 1.29 is 4.39 Å². The third kappa shape index (κ3) is 4.02. The van der Waals surface area contributed by atoms with Gasteiger partial charge in [-0.1, -0.05) is 26.0 Å². The molecule has 1 aliphatic carbocycles. The van der Waals surface area contributed by atoms with Crippen LogP contribution in [0.2, 0.25) is 0 Å². The lowest BCUT2D eigenvalue weighted by molar-refractivity contribution is 0.175. The molecule has 3 atom stereocenters. The SMILES string of the molecule is CC1CC(C)CC(C(Cc2cccc(F)c2)NN)C1. The van der Waals surface area contributed by atoms with Crippen molar-refractivity contribution in [3.63, 3.8) is 0 Å². The van der Waals surface area contributed by atoms with Gasteiger partial charge in [0.2, 0.25) is 0 Å². The number of nitrogens with one attached hydrogen (secondary N) is 1. The van der Waals surface area contributed by atoms with Crippen LogP contribution < -0.4 is 11.3 Å². The number of rotatable bonds is 4. The molecule has 0 aliphatic heterocycles. The maximum Gasteiger partial charge on any atom is 0.123 e. The molecule has 3 heteroatoms. The molecule has 3 unspecified atom stereocenters. The van der Waals surface area contributed by atoms with E-state index >= 15 is 0 Å². The number of nitrogens with two attached hydrogens (primary N) is 1.